The number of hydrogen-bond donors (Lipinski definition) is 1. The monoisotopic (exact) mass is 306 g/mol. The molecule has 1 unspecified atom stereocenters. The van der Waals surface area contributed by atoms with E-state index in [0.717, 1.165) is 19.3 Å². The molecule has 6 heteroatoms. The van der Waals surface area contributed by atoms with Crippen molar-refractivity contribution < 1.29 is 13.2 Å². The van der Waals surface area contributed by atoms with Gasteiger partial charge in [0.15, 0.2) is 0 Å². The molecule has 1 fully saturated rings. The van der Waals surface area contributed by atoms with Crippen LogP contribution in [0.2, 0.25) is 0 Å². The summed E-state index contributed by atoms with van der Waals surface area (Å²) >= 11 is 0. The normalized spacial score (nSPS) is 21.1. The standard InChI is InChI=1S/C14H30N2O3S/c1-6-20(17,18)16-9-7-13(8-10-16)15-12(2)11-14(3,4)19-5/h12-13,15H,6-11H2,1-5H3. The van der Waals surface area contributed by atoms with E-state index >= 15 is 0 Å². The lowest BCUT2D eigenvalue weighted by Gasteiger charge is -2.35. The van der Waals surface area contributed by atoms with Gasteiger partial charge in [0.05, 0.1) is 11.4 Å². The Bertz CT molecular complexity index is 387. The third kappa shape index (κ3) is 5.31. The summed E-state index contributed by atoms with van der Waals surface area (Å²) in [6, 6.07) is 0.769. The van der Waals surface area contributed by atoms with E-state index < -0.39 is 10.0 Å². The topological polar surface area (TPSA) is 58.6 Å². The molecule has 1 atom stereocenters. The number of hydrogen-bond acceptors (Lipinski definition) is 4. The van der Waals surface area contributed by atoms with E-state index in [2.05, 4.69) is 26.1 Å². The number of piperidine rings is 1. The van der Waals surface area contributed by atoms with Gasteiger partial charge in [-0.3, -0.25) is 0 Å². The predicted molar refractivity (Wildman–Crippen MR) is 82.4 cm³/mol. The van der Waals surface area contributed by atoms with Crippen molar-refractivity contribution in [2.24, 2.45) is 0 Å². The second-order valence-electron chi connectivity index (χ2n) is 6.31. The van der Waals surface area contributed by atoms with Gasteiger partial charge < -0.3 is 10.1 Å². The minimum Gasteiger partial charge on any atom is -0.379 e. The van der Waals surface area contributed by atoms with Gasteiger partial charge in [0.1, 0.15) is 0 Å². The zero-order valence-electron chi connectivity index (χ0n) is 13.5. The van der Waals surface area contributed by atoms with Crippen LogP contribution in [0, 0.1) is 0 Å². The largest absolute Gasteiger partial charge is 0.379 e. The average molecular weight is 306 g/mol. The molecule has 1 saturated heterocycles. The maximum atomic E-state index is 11.8. The van der Waals surface area contributed by atoms with E-state index in [9.17, 15) is 8.42 Å². The minimum atomic E-state index is -3.02. The number of sulfonamides is 1. The zero-order valence-corrected chi connectivity index (χ0v) is 14.3. The van der Waals surface area contributed by atoms with Crippen LogP contribution in [-0.4, -0.2) is 56.4 Å². The van der Waals surface area contributed by atoms with Crippen molar-refractivity contribution in [2.45, 2.75) is 64.6 Å². The molecule has 0 bridgehead atoms. The molecule has 20 heavy (non-hydrogen) atoms. The summed E-state index contributed by atoms with van der Waals surface area (Å²) in [4.78, 5) is 0. The molecule has 0 saturated carbocycles. The fourth-order valence-corrected chi connectivity index (χ4v) is 3.90. The molecule has 0 radical (unpaired) electrons. The lowest BCUT2D eigenvalue weighted by molar-refractivity contribution is 0.00720. The fourth-order valence-electron chi connectivity index (χ4n) is 2.77. The number of nitrogens with zero attached hydrogens (tertiary/aromatic N) is 1. The summed E-state index contributed by atoms with van der Waals surface area (Å²) in [6.45, 7) is 9.30. The van der Waals surface area contributed by atoms with Crippen LogP contribution in [0.25, 0.3) is 0 Å². The van der Waals surface area contributed by atoms with Crippen LogP contribution < -0.4 is 5.32 Å². The first-order valence-electron chi connectivity index (χ1n) is 7.49. The van der Waals surface area contributed by atoms with Gasteiger partial charge in [-0.05, 0) is 47.0 Å². The minimum absolute atomic E-state index is 0.126. The van der Waals surface area contributed by atoms with Gasteiger partial charge in [-0.1, -0.05) is 0 Å². The molecule has 1 heterocycles. The quantitative estimate of drug-likeness (QED) is 0.776. The van der Waals surface area contributed by atoms with Crippen LogP contribution in [0.3, 0.4) is 0 Å². The van der Waals surface area contributed by atoms with Crippen molar-refractivity contribution in [1.82, 2.24) is 9.62 Å². The van der Waals surface area contributed by atoms with Crippen LogP contribution in [0.15, 0.2) is 0 Å². The van der Waals surface area contributed by atoms with Gasteiger partial charge in [-0.25, -0.2) is 12.7 Å². The molecule has 0 aromatic rings. The Morgan fingerprint density at radius 1 is 1.35 bits per heavy atom. The molecule has 0 amide bonds. The second-order valence-corrected chi connectivity index (χ2v) is 8.57. The summed E-state index contributed by atoms with van der Waals surface area (Å²) in [5.41, 5.74) is -0.126. The molecule has 1 rings (SSSR count). The van der Waals surface area contributed by atoms with Gasteiger partial charge in [0.25, 0.3) is 0 Å². The number of methoxy groups -OCH3 is 1. The average Bonchev–Trinajstić information content (AvgIpc) is 2.38. The van der Waals surface area contributed by atoms with E-state index in [1.54, 1.807) is 18.3 Å². The van der Waals surface area contributed by atoms with Gasteiger partial charge in [0, 0.05) is 32.3 Å². The Kier molecular flexibility index (Phi) is 6.44. The van der Waals surface area contributed by atoms with E-state index in [-0.39, 0.29) is 11.4 Å². The van der Waals surface area contributed by atoms with Gasteiger partial charge >= 0.3 is 0 Å². The number of ether oxygens (including phenoxy) is 1. The SMILES string of the molecule is CCS(=O)(=O)N1CCC(NC(C)CC(C)(C)OC)CC1. The summed E-state index contributed by atoms with van der Waals surface area (Å²) in [5, 5.41) is 3.60. The second kappa shape index (κ2) is 7.20. The number of rotatable bonds is 7. The van der Waals surface area contributed by atoms with Crippen molar-refractivity contribution in [1.29, 1.82) is 0 Å². The Labute approximate surface area is 124 Å². The Hall–Kier alpha value is -0.170. The lowest BCUT2D eigenvalue weighted by Crippen LogP contribution is -2.48. The van der Waals surface area contributed by atoms with E-state index in [0.29, 0.717) is 25.2 Å². The maximum absolute atomic E-state index is 11.8. The molecule has 0 spiro atoms. The molecule has 0 aromatic heterocycles. The van der Waals surface area contributed by atoms with Crippen LogP contribution in [0.1, 0.15) is 47.0 Å². The summed E-state index contributed by atoms with van der Waals surface area (Å²) in [5.74, 6) is 0.198. The number of nitrogens with one attached hydrogen (secondary N) is 1. The predicted octanol–water partition coefficient (Wildman–Crippen LogP) is 1.59. The van der Waals surface area contributed by atoms with Crippen LogP contribution >= 0.6 is 0 Å². The molecule has 1 aliphatic rings. The van der Waals surface area contributed by atoms with E-state index in [1.807, 2.05) is 0 Å². The molecular formula is C14H30N2O3S. The third-order valence-corrected chi connectivity index (χ3v) is 5.96. The summed E-state index contributed by atoms with van der Waals surface area (Å²) < 4.78 is 30.7. The highest BCUT2D eigenvalue weighted by Gasteiger charge is 2.28. The summed E-state index contributed by atoms with van der Waals surface area (Å²) in [7, 11) is -1.28. The Morgan fingerprint density at radius 2 is 1.90 bits per heavy atom. The highest BCUT2D eigenvalue weighted by atomic mass is 32.2. The van der Waals surface area contributed by atoms with Gasteiger partial charge in [0.2, 0.25) is 10.0 Å². The molecular weight excluding hydrogens is 276 g/mol. The van der Waals surface area contributed by atoms with E-state index in [1.165, 1.54) is 0 Å². The van der Waals surface area contributed by atoms with Crippen molar-refractivity contribution in [3.8, 4) is 0 Å². The van der Waals surface area contributed by atoms with Crippen molar-refractivity contribution in [3.63, 3.8) is 0 Å². The fraction of sp³-hybridized carbons (Fsp3) is 1.00. The van der Waals surface area contributed by atoms with Crippen molar-refractivity contribution in [2.75, 3.05) is 26.0 Å². The smallest absolute Gasteiger partial charge is 0.213 e. The van der Waals surface area contributed by atoms with Crippen LogP contribution in [0.5, 0.6) is 0 Å². The molecule has 0 aromatic carbocycles. The van der Waals surface area contributed by atoms with Gasteiger partial charge in [-0.15, -0.1) is 0 Å². The zero-order chi connectivity index (χ0) is 15.4. The molecule has 120 valence electrons. The molecule has 0 aliphatic carbocycles. The Balaban J connectivity index is 2.39. The van der Waals surface area contributed by atoms with Crippen LogP contribution in [0.4, 0.5) is 0 Å². The highest BCUT2D eigenvalue weighted by Crippen LogP contribution is 2.19. The third-order valence-electron chi connectivity index (χ3n) is 4.08. The molecule has 5 nitrogen and oxygen atoms in total. The van der Waals surface area contributed by atoms with Crippen molar-refractivity contribution >= 4 is 10.0 Å². The van der Waals surface area contributed by atoms with Crippen LogP contribution in [-0.2, 0) is 14.8 Å². The van der Waals surface area contributed by atoms with E-state index in [4.69, 9.17) is 4.74 Å². The summed E-state index contributed by atoms with van der Waals surface area (Å²) in [6.07, 6.45) is 2.71. The first kappa shape index (κ1) is 17.9. The highest BCUT2D eigenvalue weighted by molar-refractivity contribution is 7.89. The molecule has 1 N–H and O–H groups in total. The first-order valence-corrected chi connectivity index (χ1v) is 9.10. The molecule has 1 aliphatic heterocycles. The maximum Gasteiger partial charge on any atom is 0.213 e. The lowest BCUT2D eigenvalue weighted by atomic mass is 9.98. The first-order chi connectivity index (χ1) is 9.20. The Morgan fingerprint density at radius 3 is 2.35 bits per heavy atom. The van der Waals surface area contributed by atoms with Gasteiger partial charge in [-0.2, -0.15) is 0 Å². The van der Waals surface area contributed by atoms with Crippen molar-refractivity contribution in [3.05, 3.63) is 0 Å².